The van der Waals surface area contributed by atoms with Crippen molar-refractivity contribution in [2.45, 2.75) is 12.8 Å². The van der Waals surface area contributed by atoms with Crippen LogP contribution in [0.5, 0.6) is 0 Å². The van der Waals surface area contributed by atoms with Crippen molar-refractivity contribution in [2.75, 3.05) is 16.8 Å². The van der Waals surface area contributed by atoms with Crippen LogP contribution >= 0.6 is 22.9 Å². The van der Waals surface area contributed by atoms with Crippen LogP contribution in [0.1, 0.15) is 22.5 Å². The molecule has 132 valence electrons. The number of anilines is 2. The van der Waals surface area contributed by atoms with Crippen molar-refractivity contribution in [2.24, 2.45) is 0 Å². The summed E-state index contributed by atoms with van der Waals surface area (Å²) in [6.07, 6.45) is 5.19. The Morgan fingerprint density at radius 3 is 2.65 bits per heavy atom. The van der Waals surface area contributed by atoms with E-state index in [-0.39, 0.29) is 11.8 Å². The highest BCUT2D eigenvalue weighted by atomic mass is 35.5. The molecule has 1 aliphatic heterocycles. The Morgan fingerprint density at radius 2 is 1.96 bits per heavy atom. The number of nitrogens with one attached hydrogen (secondary N) is 1. The van der Waals surface area contributed by atoms with Crippen molar-refractivity contribution in [1.29, 1.82) is 0 Å². The lowest BCUT2D eigenvalue weighted by Crippen LogP contribution is -2.24. The number of halogens is 1. The number of carbonyl (C=O) groups is 2. The molecule has 4 rings (SSSR count). The van der Waals surface area contributed by atoms with Crippen molar-refractivity contribution in [1.82, 2.24) is 4.57 Å². The molecule has 0 radical (unpaired) electrons. The number of nitrogens with zero attached hydrogens (tertiary/aromatic N) is 2. The third kappa shape index (κ3) is 3.13. The highest BCUT2D eigenvalue weighted by Crippen LogP contribution is 2.32. The van der Waals surface area contributed by atoms with Gasteiger partial charge in [0, 0.05) is 31.0 Å². The van der Waals surface area contributed by atoms with Crippen LogP contribution in [0.25, 0.3) is 5.69 Å². The molecule has 1 aromatic carbocycles. The molecule has 2 amide bonds. The molecule has 1 aliphatic rings. The number of thiophene rings is 1. The van der Waals surface area contributed by atoms with Crippen LogP contribution in [0.2, 0.25) is 5.02 Å². The topological polar surface area (TPSA) is 54.3 Å². The SMILES string of the molecule is O=C(Nc1ccc(N2CCCC2=O)c(Cl)c1)c1sccc1-n1cccc1. The first kappa shape index (κ1) is 16.9. The molecule has 0 bridgehead atoms. The molecule has 1 N–H and O–H groups in total. The predicted octanol–water partition coefficient (Wildman–Crippen LogP) is 4.57. The van der Waals surface area contributed by atoms with E-state index in [1.54, 1.807) is 23.1 Å². The van der Waals surface area contributed by atoms with Gasteiger partial charge in [0.15, 0.2) is 0 Å². The maximum Gasteiger partial charge on any atom is 0.267 e. The summed E-state index contributed by atoms with van der Waals surface area (Å²) in [5.41, 5.74) is 2.13. The first-order valence-electron chi connectivity index (χ1n) is 8.25. The van der Waals surface area contributed by atoms with E-state index in [0.29, 0.717) is 34.2 Å². The Kier molecular flexibility index (Phi) is 4.53. The maximum absolute atomic E-state index is 12.7. The number of aromatic nitrogens is 1. The summed E-state index contributed by atoms with van der Waals surface area (Å²) in [6, 6.07) is 11.0. The molecule has 7 heteroatoms. The normalized spacial score (nSPS) is 14.0. The van der Waals surface area contributed by atoms with Crippen molar-refractivity contribution in [3.05, 3.63) is 64.1 Å². The molecule has 1 saturated heterocycles. The Hall–Kier alpha value is -2.57. The second kappa shape index (κ2) is 6.97. The highest BCUT2D eigenvalue weighted by Gasteiger charge is 2.24. The number of carbonyl (C=O) groups excluding carboxylic acids is 2. The minimum Gasteiger partial charge on any atom is -0.322 e. The highest BCUT2D eigenvalue weighted by molar-refractivity contribution is 7.12. The van der Waals surface area contributed by atoms with Crippen LogP contribution in [0.3, 0.4) is 0 Å². The van der Waals surface area contributed by atoms with Gasteiger partial charge in [0.1, 0.15) is 4.88 Å². The van der Waals surface area contributed by atoms with E-state index in [1.807, 2.05) is 40.5 Å². The molecule has 0 atom stereocenters. The van der Waals surface area contributed by atoms with Crippen molar-refractivity contribution >= 4 is 46.1 Å². The third-order valence-electron chi connectivity index (χ3n) is 4.30. The van der Waals surface area contributed by atoms with E-state index in [2.05, 4.69) is 5.32 Å². The van der Waals surface area contributed by atoms with E-state index >= 15 is 0 Å². The van der Waals surface area contributed by atoms with Gasteiger partial charge in [-0.2, -0.15) is 0 Å². The molecular weight excluding hydrogens is 370 g/mol. The van der Waals surface area contributed by atoms with Gasteiger partial charge < -0.3 is 14.8 Å². The summed E-state index contributed by atoms with van der Waals surface area (Å²) >= 11 is 7.73. The van der Waals surface area contributed by atoms with Crippen LogP contribution in [0, 0.1) is 0 Å². The maximum atomic E-state index is 12.7. The summed E-state index contributed by atoms with van der Waals surface area (Å²) in [5, 5.41) is 5.23. The fourth-order valence-electron chi connectivity index (χ4n) is 3.07. The Balaban J connectivity index is 1.55. The van der Waals surface area contributed by atoms with E-state index in [1.165, 1.54) is 11.3 Å². The fourth-order valence-corrected chi connectivity index (χ4v) is 4.13. The quantitative estimate of drug-likeness (QED) is 0.715. The Morgan fingerprint density at radius 1 is 1.15 bits per heavy atom. The number of amides is 2. The van der Waals surface area contributed by atoms with Gasteiger partial charge >= 0.3 is 0 Å². The number of benzene rings is 1. The number of hydrogen-bond donors (Lipinski definition) is 1. The monoisotopic (exact) mass is 385 g/mol. The molecule has 0 saturated carbocycles. The molecule has 0 spiro atoms. The standard InChI is InChI=1S/C19H16ClN3O2S/c20-14-12-13(5-6-15(14)23-10-3-4-17(23)24)21-19(25)18-16(7-11-26-18)22-8-1-2-9-22/h1-2,5-9,11-12H,3-4,10H2,(H,21,25). The summed E-state index contributed by atoms with van der Waals surface area (Å²) in [5.74, 6) is -0.108. The van der Waals surface area contributed by atoms with Gasteiger partial charge in [0.05, 0.1) is 16.4 Å². The fraction of sp³-hybridized carbons (Fsp3) is 0.158. The smallest absolute Gasteiger partial charge is 0.267 e. The van der Waals surface area contributed by atoms with Crippen molar-refractivity contribution < 1.29 is 9.59 Å². The van der Waals surface area contributed by atoms with E-state index in [9.17, 15) is 9.59 Å². The first-order valence-corrected chi connectivity index (χ1v) is 9.51. The van der Waals surface area contributed by atoms with Crippen LogP contribution in [-0.2, 0) is 4.79 Å². The van der Waals surface area contributed by atoms with Crippen LogP contribution in [-0.4, -0.2) is 22.9 Å². The van der Waals surface area contributed by atoms with Gasteiger partial charge in [-0.3, -0.25) is 9.59 Å². The lowest BCUT2D eigenvalue weighted by molar-refractivity contribution is -0.117. The minimum atomic E-state index is -0.190. The number of hydrogen-bond acceptors (Lipinski definition) is 3. The van der Waals surface area contributed by atoms with Gasteiger partial charge in [0.25, 0.3) is 5.91 Å². The van der Waals surface area contributed by atoms with E-state index in [4.69, 9.17) is 11.6 Å². The lowest BCUT2D eigenvalue weighted by atomic mass is 10.2. The molecule has 0 unspecified atom stereocenters. The molecule has 2 aromatic heterocycles. The van der Waals surface area contributed by atoms with Crippen LogP contribution in [0.4, 0.5) is 11.4 Å². The Bertz CT molecular complexity index is 965. The average molecular weight is 386 g/mol. The lowest BCUT2D eigenvalue weighted by Gasteiger charge is -2.18. The van der Waals surface area contributed by atoms with Gasteiger partial charge in [-0.05, 0) is 48.2 Å². The van der Waals surface area contributed by atoms with Gasteiger partial charge in [-0.1, -0.05) is 11.6 Å². The number of rotatable bonds is 4. The van der Waals surface area contributed by atoms with Crippen molar-refractivity contribution in [3.8, 4) is 5.69 Å². The average Bonchev–Trinajstić information content (AvgIpc) is 3.36. The van der Waals surface area contributed by atoms with Gasteiger partial charge in [-0.25, -0.2) is 0 Å². The summed E-state index contributed by atoms with van der Waals surface area (Å²) in [4.78, 5) is 26.9. The first-order chi connectivity index (χ1) is 12.6. The largest absolute Gasteiger partial charge is 0.322 e. The molecule has 26 heavy (non-hydrogen) atoms. The van der Waals surface area contributed by atoms with Gasteiger partial charge in [0.2, 0.25) is 5.91 Å². The zero-order valence-corrected chi connectivity index (χ0v) is 15.4. The van der Waals surface area contributed by atoms with E-state index in [0.717, 1.165) is 12.1 Å². The third-order valence-corrected chi connectivity index (χ3v) is 5.51. The predicted molar refractivity (Wildman–Crippen MR) is 105 cm³/mol. The summed E-state index contributed by atoms with van der Waals surface area (Å²) in [7, 11) is 0. The molecule has 3 heterocycles. The van der Waals surface area contributed by atoms with E-state index < -0.39 is 0 Å². The van der Waals surface area contributed by atoms with Crippen molar-refractivity contribution in [3.63, 3.8) is 0 Å². The second-order valence-electron chi connectivity index (χ2n) is 5.99. The molecule has 1 fully saturated rings. The zero-order valence-electron chi connectivity index (χ0n) is 13.8. The molecular formula is C19H16ClN3O2S. The summed E-state index contributed by atoms with van der Waals surface area (Å²) < 4.78 is 1.90. The molecule has 5 nitrogen and oxygen atoms in total. The molecule has 3 aromatic rings. The van der Waals surface area contributed by atoms with Crippen LogP contribution < -0.4 is 10.2 Å². The van der Waals surface area contributed by atoms with Crippen LogP contribution in [0.15, 0.2) is 54.2 Å². The second-order valence-corrected chi connectivity index (χ2v) is 7.32. The van der Waals surface area contributed by atoms with Gasteiger partial charge in [-0.15, -0.1) is 11.3 Å². The molecule has 0 aliphatic carbocycles. The minimum absolute atomic E-state index is 0.0821. The Labute approximate surface area is 159 Å². The summed E-state index contributed by atoms with van der Waals surface area (Å²) in [6.45, 7) is 0.680. The zero-order chi connectivity index (χ0) is 18.1.